The van der Waals surface area contributed by atoms with E-state index in [9.17, 15) is 0 Å². The number of benzene rings is 6. The normalized spacial score (nSPS) is 12.9. The maximum absolute atomic E-state index is 7.05. The summed E-state index contributed by atoms with van der Waals surface area (Å²) in [5.41, 5.74) is 4.64. The van der Waals surface area contributed by atoms with Crippen molar-refractivity contribution in [2.24, 2.45) is 0 Å². The molecule has 0 aromatic heterocycles. The molecule has 0 aliphatic carbocycles. The van der Waals surface area contributed by atoms with Crippen LogP contribution in [0.4, 0.5) is 0 Å². The van der Waals surface area contributed by atoms with E-state index in [4.69, 9.17) is 9.05 Å². The van der Waals surface area contributed by atoms with Crippen LogP contribution < -0.4 is 9.05 Å². The van der Waals surface area contributed by atoms with Crippen LogP contribution in [0.15, 0.2) is 133 Å². The van der Waals surface area contributed by atoms with Crippen molar-refractivity contribution in [2.75, 3.05) is 0 Å². The molecule has 0 radical (unpaired) electrons. The van der Waals surface area contributed by atoms with E-state index in [1.54, 1.807) is 0 Å². The van der Waals surface area contributed by atoms with Gasteiger partial charge in [-0.3, -0.25) is 9.05 Å². The standard InChI is InChI=1S/C36H30NO2P.Cu/c1-25(2)37(36(28-15-5-3-6-16-28)29-17-7-4-8-18-29)40-38-32-23-21-26-13-9-11-19-30(26)34(32)35-31-20-12-10-14-27(31)22-24-33(35)39-40;/h3-25,36H,1-2H3;/q;+1/p+1. The van der Waals surface area contributed by atoms with Crippen LogP contribution in [0.5, 0.6) is 11.5 Å². The van der Waals surface area contributed by atoms with E-state index in [1.165, 1.54) is 32.7 Å². The second kappa shape index (κ2) is 11.7. The molecule has 0 atom stereocenters. The molecule has 0 spiro atoms. The summed E-state index contributed by atoms with van der Waals surface area (Å²) in [4.78, 5) is 0. The third-order valence-corrected chi connectivity index (χ3v) is 9.69. The molecule has 1 heterocycles. The van der Waals surface area contributed by atoms with Crippen LogP contribution in [0, 0.1) is 0 Å². The molecule has 3 nitrogen and oxygen atoms in total. The van der Waals surface area contributed by atoms with Gasteiger partial charge in [-0.15, -0.1) is 4.67 Å². The van der Waals surface area contributed by atoms with Crippen molar-refractivity contribution in [1.82, 2.24) is 4.67 Å². The number of rotatable bonds is 5. The quantitative estimate of drug-likeness (QED) is 0.145. The minimum Gasteiger partial charge on any atom is -0.292 e. The van der Waals surface area contributed by atoms with E-state index in [-0.39, 0.29) is 29.2 Å². The first kappa shape index (κ1) is 27.5. The predicted octanol–water partition coefficient (Wildman–Crippen LogP) is 9.89. The van der Waals surface area contributed by atoms with Gasteiger partial charge in [-0.1, -0.05) is 121 Å². The monoisotopic (exact) mass is 603 g/mol. The second-order valence-corrected chi connectivity index (χ2v) is 12.0. The topological polar surface area (TPSA) is 21.7 Å². The molecule has 6 aromatic carbocycles. The maximum Gasteiger partial charge on any atom is 1.00 e. The average molecular weight is 604 g/mol. The summed E-state index contributed by atoms with van der Waals surface area (Å²) in [5, 5.41) is 4.71. The molecule has 1 aliphatic rings. The molecule has 5 heteroatoms. The fourth-order valence-corrected chi connectivity index (χ4v) is 7.80. The molecule has 0 bridgehead atoms. The van der Waals surface area contributed by atoms with Crippen molar-refractivity contribution in [3.8, 4) is 22.6 Å². The molecule has 0 saturated heterocycles. The van der Waals surface area contributed by atoms with Crippen LogP contribution in [0.1, 0.15) is 31.0 Å². The second-order valence-electron chi connectivity index (χ2n) is 10.5. The van der Waals surface area contributed by atoms with Crippen molar-refractivity contribution in [3.63, 3.8) is 0 Å². The molecule has 41 heavy (non-hydrogen) atoms. The minimum absolute atomic E-state index is 0. The van der Waals surface area contributed by atoms with E-state index < -0.39 is 8.53 Å². The zero-order valence-electron chi connectivity index (χ0n) is 22.9. The number of hydrogen-bond acceptors (Lipinski definition) is 3. The molecule has 7 rings (SSSR count). The van der Waals surface area contributed by atoms with E-state index >= 15 is 0 Å². The van der Waals surface area contributed by atoms with Crippen LogP contribution in [0.2, 0.25) is 0 Å². The molecule has 0 N–H and O–H groups in total. The third-order valence-electron chi connectivity index (χ3n) is 7.70. The molecular formula is C36H31CuNO2P+2. The van der Waals surface area contributed by atoms with Crippen molar-refractivity contribution in [3.05, 3.63) is 145 Å². The first-order chi connectivity index (χ1) is 19.7. The third kappa shape index (κ3) is 5.03. The number of hydrogen-bond donors (Lipinski definition) is 0. The van der Waals surface area contributed by atoms with Crippen LogP contribution in [0.25, 0.3) is 32.7 Å². The van der Waals surface area contributed by atoms with E-state index in [0.717, 1.165) is 22.6 Å². The van der Waals surface area contributed by atoms with Gasteiger partial charge in [0.15, 0.2) is 11.5 Å². The summed E-state index contributed by atoms with van der Waals surface area (Å²) >= 11 is 0. The van der Waals surface area contributed by atoms with E-state index in [0.29, 0.717) is 0 Å². The molecule has 0 fully saturated rings. The zero-order valence-corrected chi connectivity index (χ0v) is 24.9. The first-order valence-electron chi connectivity index (χ1n) is 13.8. The average Bonchev–Trinajstić information content (AvgIpc) is 3.17. The summed E-state index contributed by atoms with van der Waals surface area (Å²) < 4.78 is 16.5. The van der Waals surface area contributed by atoms with Crippen molar-refractivity contribution >= 4 is 30.1 Å². The summed E-state index contributed by atoms with van der Waals surface area (Å²) in [6, 6.07) is 47.2. The van der Waals surface area contributed by atoms with Gasteiger partial charge in [0.25, 0.3) is 0 Å². The van der Waals surface area contributed by atoms with E-state index in [2.05, 4.69) is 152 Å². The fourth-order valence-electron chi connectivity index (χ4n) is 5.90. The Balaban J connectivity index is 0.00000302. The summed E-state index contributed by atoms with van der Waals surface area (Å²) in [6.45, 7) is 4.47. The van der Waals surface area contributed by atoms with Gasteiger partial charge in [0.2, 0.25) is 0 Å². The minimum atomic E-state index is -2.04. The predicted molar refractivity (Wildman–Crippen MR) is 168 cm³/mol. The van der Waals surface area contributed by atoms with E-state index in [1.807, 2.05) is 0 Å². The molecule has 1 aliphatic heterocycles. The van der Waals surface area contributed by atoms with Crippen LogP contribution in [-0.4, -0.2) is 10.7 Å². The summed E-state index contributed by atoms with van der Waals surface area (Å²) in [6.07, 6.45) is 0. The number of fused-ring (bicyclic) bond motifs is 7. The molecule has 6 aromatic rings. The Morgan fingerprint density at radius 3 is 1.37 bits per heavy atom. The fraction of sp³-hybridized carbons (Fsp3) is 0.111. The smallest absolute Gasteiger partial charge is 0.292 e. The Kier molecular flexibility index (Phi) is 7.84. The van der Waals surface area contributed by atoms with Gasteiger partial charge in [0, 0.05) is 17.2 Å². The van der Waals surface area contributed by atoms with Crippen molar-refractivity contribution in [2.45, 2.75) is 25.9 Å². The number of nitrogens with zero attached hydrogens (tertiary/aromatic N) is 1. The SMILES string of the molecule is CC(C)N(C(c1ccccc1)c1ccccc1)[PH+]1Oc2ccc3ccccc3c2-c2c(ccc3ccccc23)O1.[Cu+]. The van der Waals surface area contributed by atoms with Crippen LogP contribution >= 0.6 is 8.53 Å². The molecule has 0 amide bonds. The summed E-state index contributed by atoms with van der Waals surface area (Å²) in [7, 11) is -2.04. The zero-order chi connectivity index (χ0) is 27.1. The Morgan fingerprint density at radius 2 is 0.927 bits per heavy atom. The molecule has 0 saturated carbocycles. The van der Waals surface area contributed by atoms with Gasteiger partial charge in [-0.25, -0.2) is 0 Å². The van der Waals surface area contributed by atoms with Gasteiger partial charge < -0.3 is 0 Å². The largest absolute Gasteiger partial charge is 1.00 e. The van der Waals surface area contributed by atoms with Gasteiger partial charge in [-0.05, 0) is 58.7 Å². The Labute approximate surface area is 253 Å². The van der Waals surface area contributed by atoms with Gasteiger partial charge in [0.1, 0.15) is 6.04 Å². The van der Waals surface area contributed by atoms with Crippen LogP contribution in [-0.2, 0) is 17.1 Å². The van der Waals surface area contributed by atoms with Crippen molar-refractivity contribution in [1.29, 1.82) is 0 Å². The molecule has 0 unspecified atom stereocenters. The Hall–Kier alpha value is -3.65. The maximum atomic E-state index is 7.05. The first-order valence-corrected chi connectivity index (χ1v) is 15.1. The van der Waals surface area contributed by atoms with Gasteiger partial charge in [-0.2, -0.15) is 0 Å². The van der Waals surface area contributed by atoms with Gasteiger partial charge >= 0.3 is 25.6 Å². The Bertz CT molecular complexity index is 1680. The molecular weight excluding hydrogens is 573 g/mol. The van der Waals surface area contributed by atoms with Gasteiger partial charge in [0.05, 0.1) is 0 Å². The Morgan fingerprint density at radius 1 is 0.512 bits per heavy atom. The van der Waals surface area contributed by atoms with Crippen LogP contribution in [0.3, 0.4) is 0 Å². The molecule has 206 valence electrons. The van der Waals surface area contributed by atoms with Crippen molar-refractivity contribution < 1.29 is 26.1 Å². The summed E-state index contributed by atoms with van der Waals surface area (Å²) in [5.74, 6) is 1.74.